The van der Waals surface area contributed by atoms with Crippen molar-refractivity contribution in [1.82, 2.24) is 20.2 Å². The van der Waals surface area contributed by atoms with Crippen LogP contribution in [0.1, 0.15) is 59.4 Å². The second-order valence-electron chi connectivity index (χ2n) is 8.64. The molecular weight excluding hydrogens is 434 g/mol. The van der Waals surface area contributed by atoms with Gasteiger partial charge in [-0.3, -0.25) is 4.79 Å². The molecule has 1 amide bonds. The van der Waals surface area contributed by atoms with Gasteiger partial charge in [0.1, 0.15) is 12.4 Å². The van der Waals surface area contributed by atoms with Crippen molar-refractivity contribution in [2.75, 3.05) is 11.6 Å². The maximum absolute atomic E-state index is 12.5. The van der Waals surface area contributed by atoms with Gasteiger partial charge in [-0.05, 0) is 74.8 Å². The minimum atomic E-state index is -0.0682. The van der Waals surface area contributed by atoms with Crippen molar-refractivity contribution >= 4 is 17.7 Å². The summed E-state index contributed by atoms with van der Waals surface area (Å²) in [4.78, 5) is 12.5. The molecule has 1 heterocycles. The number of amides is 1. The lowest BCUT2D eigenvalue weighted by Crippen LogP contribution is -2.28. The number of thioether (sulfide) groups is 1. The number of rotatable bonds is 8. The van der Waals surface area contributed by atoms with E-state index >= 15 is 0 Å². The monoisotopic (exact) mass is 465 g/mol. The molecule has 1 aliphatic rings. The Kier molecular flexibility index (Phi) is 7.23. The van der Waals surface area contributed by atoms with Crippen molar-refractivity contribution in [2.45, 2.75) is 64.3 Å². The molecule has 0 fully saturated rings. The number of nitrogens with zero attached hydrogens (tertiary/aromatic N) is 3. The largest absolute Gasteiger partial charge is 0.485 e. The van der Waals surface area contributed by atoms with Crippen LogP contribution >= 0.6 is 11.8 Å². The third-order valence-electron chi connectivity index (χ3n) is 6.00. The molecule has 0 unspecified atom stereocenters. The highest BCUT2D eigenvalue weighted by molar-refractivity contribution is 7.99. The molecule has 0 spiro atoms. The van der Waals surface area contributed by atoms with E-state index in [-0.39, 0.29) is 24.3 Å². The minimum absolute atomic E-state index is 0.0530. The first-order chi connectivity index (χ1) is 15.9. The SMILES string of the molecule is Cc1ccc(OCc2nnc(SCC(=O)N[C@@H](C)c3ccc4c(c3)CCCC4)n2N)c(C)c1. The van der Waals surface area contributed by atoms with Gasteiger partial charge < -0.3 is 15.9 Å². The number of ether oxygens (including phenoxy) is 1. The lowest BCUT2D eigenvalue weighted by Gasteiger charge is -2.20. The molecule has 33 heavy (non-hydrogen) atoms. The van der Waals surface area contributed by atoms with Gasteiger partial charge in [0, 0.05) is 0 Å². The maximum Gasteiger partial charge on any atom is 0.230 e. The quantitative estimate of drug-likeness (QED) is 0.385. The van der Waals surface area contributed by atoms with Crippen LogP contribution in [-0.2, 0) is 24.2 Å². The van der Waals surface area contributed by atoms with E-state index in [1.807, 2.05) is 32.9 Å². The summed E-state index contributed by atoms with van der Waals surface area (Å²) in [5.41, 5.74) is 6.23. The van der Waals surface area contributed by atoms with Crippen LogP contribution in [0.2, 0.25) is 0 Å². The van der Waals surface area contributed by atoms with Gasteiger partial charge in [0.25, 0.3) is 0 Å². The normalized spacial score (nSPS) is 13.9. The molecule has 7 nitrogen and oxygen atoms in total. The van der Waals surface area contributed by atoms with Crippen molar-refractivity contribution in [3.05, 3.63) is 70.0 Å². The molecule has 2 aromatic carbocycles. The summed E-state index contributed by atoms with van der Waals surface area (Å²) in [5.74, 6) is 7.56. The van der Waals surface area contributed by atoms with E-state index in [2.05, 4.69) is 39.8 Å². The molecule has 1 aliphatic carbocycles. The predicted octanol–water partition coefficient (Wildman–Crippen LogP) is 4.04. The van der Waals surface area contributed by atoms with Crippen LogP contribution in [0.25, 0.3) is 0 Å². The number of nitrogen functional groups attached to an aromatic ring is 1. The van der Waals surface area contributed by atoms with Crippen molar-refractivity contribution in [3.63, 3.8) is 0 Å². The summed E-state index contributed by atoms with van der Waals surface area (Å²) in [5, 5.41) is 11.8. The Morgan fingerprint density at radius 3 is 2.73 bits per heavy atom. The fourth-order valence-corrected chi connectivity index (χ4v) is 4.81. The molecule has 1 atom stereocenters. The number of fused-ring (bicyclic) bond motifs is 1. The zero-order valence-corrected chi connectivity index (χ0v) is 20.2. The number of nitrogens with two attached hydrogens (primary N) is 1. The van der Waals surface area contributed by atoms with Gasteiger partial charge in [-0.2, -0.15) is 0 Å². The molecule has 0 radical (unpaired) electrons. The number of nitrogens with one attached hydrogen (secondary N) is 1. The number of carbonyl (C=O) groups is 1. The summed E-state index contributed by atoms with van der Waals surface area (Å²) < 4.78 is 7.23. The fraction of sp³-hybridized carbons (Fsp3) is 0.400. The average molecular weight is 466 g/mol. The van der Waals surface area contributed by atoms with E-state index in [4.69, 9.17) is 10.6 Å². The molecule has 174 valence electrons. The number of aromatic nitrogens is 3. The number of benzene rings is 2. The van der Waals surface area contributed by atoms with Crippen molar-refractivity contribution in [1.29, 1.82) is 0 Å². The van der Waals surface area contributed by atoms with E-state index < -0.39 is 0 Å². The van der Waals surface area contributed by atoms with E-state index in [1.54, 1.807) is 0 Å². The van der Waals surface area contributed by atoms with E-state index in [1.165, 1.54) is 46.0 Å². The Morgan fingerprint density at radius 2 is 1.94 bits per heavy atom. The lowest BCUT2D eigenvalue weighted by atomic mass is 9.89. The summed E-state index contributed by atoms with van der Waals surface area (Å²) in [6.45, 7) is 6.26. The highest BCUT2D eigenvalue weighted by atomic mass is 32.2. The second kappa shape index (κ2) is 10.3. The summed E-state index contributed by atoms with van der Waals surface area (Å²) in [6.07, 6.45) is 4.79. The lowest BCUT2D eigenvalue weighted by molar-refractivity contribution is -0.119. The Balaban J connectivity index is 1.29. The molecule has 0 saturated heterocycles. The van der Waals surface area contributed by atoms with Crippen LogP contribution < -0.4 is 15.9 Å². The zero-order valence-electron chi connectivity index (χ0n) is 19.4. The Labute approximate surface area is 199 Å². The number of aryl methyl sites for hydroxylation is 4. The highest BCUT2D eigenvalue weighted by Gasteiger charge is 2.16. The molecule has 4 rings (SSSR count). The van der Waals surface area contributed by atoms with Crippen LogP contribution in [0.4, 0.5) is 0 Å². The van der Waals surface area contributed by atoms with Crippen LogP contribution in [-0.4, -0.2) is 26.5 Å². The third kappa shape index (κ3) is 5.68. The molecule has 3 N–H and O–H groups in total. The van der Waals surface area contributed by atoms with Crippen LogP contribution in [0.15, 0.2) is 41.6 Å². The number of carbonyl (C=O) groups excluding carboxylic acids is 1. The van der Waals surface area contributed by atoms with E-state index in [0.717, 1.165) is 29.7 Å². The topological polar surface area (TPSA) is 95.1 Å². The molecule has 0 saturated carbocycles. The molecule has 1 aromatic heterocycles. The van der Waals surface area contributed by atoms with Gasteiger partial charge in [-0.15, -0.1) is 10.2 Å². The van der Waals surface area contributed by atoms with Gasteiger partial charge >= 0.3 is 0 Å². The Bertz CT molecular complexity index is 1140. The summed E-state index contributed by atoms with van der Waals surface area (Å²) in [6, 6.07) is 12.5. The smallest absolute Gasteiger partial charge is 0.230 e. The first kappa shape index (κ1) is 23.2. The predicted molar refractivity (Wildman–Crippen MR) is 131 cm³/mol. The molecule has 0 aliphatic heterocycles. The van der Waals surface area contributed by atoms with Gasteiger partial charge in [0.2, 0.25) is 11.1 Å². The Hall–Kier alpha value is -3.00. The van der Waals surface area contributed by atoms with Crippen LogP contribution in [0.5, 0.6) is 5.75 Å². The van der Waals surface area contributed by atoms with Gasteiger partial charge in [-0.25, -0.2) is 4.68 Å². The van der Waals surface area contributed by atoms with Crippen molar-refractivity contribution in [3.8, 4) is 5.75 Å². The standard InChI is InChI=1S/C25H31N5O2S/c1-16-8-11-22(17(2)12-16)32-14-23-28-29-25(30(23)26)33-15-24(31)27-18(3)20-10-9-19-6-4-5-7-21(19)13-20/h8-13,18H,4-7,14-15,26H2,1-3H3,(H,27,31)/t18-/m0/s1. The zero-order chi connectivity index (χ0) is 23.4. The molecular formula is C25H31N5O2S. The third-order valence-corrected chi connectivity index (χ3v) is 6.95. The molecule has 3 aromatic rings. The summed E-state index contributed by atoms with van der Waals surface area (Å²) in [7, 11) is 0. The van der Waals surface area contributed by atoms with Crippen molar-refractivity contribution in [2.24, 2.45) is 0 Å². The first-order valence-corrected chi connectivity index (χ1v) is 12.3. The van der Waals surface area contributed by atoms with E-state index in [0.29, 0.717) is 11.0 Å². The maximum atomic E-state index is 12.5. The van der Waals surface area contributed by atoms with Crippen molar-refractivity contribution < 1.29 is 9.53 Å². The van der Waals surface area contributed by atoms with Gasteiger partial charge in [0.05, 0.1) is 11.8 Å². The number of hydrogen-bond acceptors (Lipinski definition) is 6. The molecule has 0 bridgehead atoms. The number of hydrogen-bond donors (Lipinski definition) is 2. The fourth-order valence-electron chi connectivity index (χ4n) is 4.13. The highest BCUT2D eigenvalue weighted by Crippen LogP contribution is 2.25. The summed E-state index contributed by atoms with van der Waals surface area (Å²) >= 11 is 1.26. The van der Waals surface area contributed by atoms with Crippen LogP contribution in [0.3, 0.4) is 0 Å². The van der Waals surface area contributed by atoms with E-state index in [9.17, 15) is 4.79 Å². The van der Waals surface area contributed by atoms with Gasteiger partial charge in [0.15, 0.2) is 5.82 Å². The molecule has 8 heteroatoms. The van der Waals surface area contributed by atoms with Gasteiger partial charge in [-0.1, -0.05) is 47.7 Å². The second-order valence-corrected chi connectivity index (χ2v) is 9.58. The first-order valence-electron chi connectivity index (χ1n) is 11.3. The average Bonchev–Trinajstić information content (AvgIpc) is 3.16. The van der Waals surface area contributed by atoms with Crippen LogP contribution in [0, 0.1) is 13.8 Å². The minimum Gasteiger partial charge on any atom is -0.485 e. The Morgan fingerprint density at radius 1 is 1.15 bits per heavy atom.